The summed E-state index contributed by atoms with van der Waals surface area (Å²) in [5.74, 6) is 0.220. The van der Waals surface area contributed by atoms with Crippen molar-refractivity contribution in [2.75, 3.05) is 16.8 Å². The molecule has 3 heterocycles. The van der Waals surface area contributed by atoms with Crippen LogP contribution >= 0.6 is 35.0 Å². The van der Waals surface area contributed by atoms with Crippen LogP contribution in [0.25, 0.3) is 0 Å². The first-order valence-corrected chi connectivity index (χ1v) is 11.8. The molecule has 0 bridgehead atoms. The first kappa shape index (κ1) is 21.5. The number of carbonyl (C=O) groups excluding carboxylic acids is 1. The second-order valence-electron chi connectivity index (χ2n) is 8.21. The molecule has 2 aromatic carbocycles. The Bertz CT molecular complexity index is 1210. The van der Waals surface area contributed by atoms with E-state index in [1.54, 1.807) is 29.3 Å². The number of hydrogen-bond acceptors (Lipinski definition) is 6. The van der Waals surface area contributed by atoms with E-state index in [4.69, 9.17) is 23.2 Å². The van der Waals surface area contributed by atoms with Crippen LogP contribution < -0.4 is 15.5 Å². The fraction of sp³-hybridized carbons (Fsp3) is 0.261. The number of nitrogens with one attached hydrogen (secondary N) is 2. The van der Waals surface area contributed by atoms with Crippen molar-refractivity contribution in [2.45, 2.75) is 36.7 Å². The van der Waals surface area contributed by atoms with Crippen molar-refractivity contribution in [1.29, 1.82) is 0 Å². The largest absolute Gasteiger partial charge is 0.324 e. The minimum Gasteiger partial charge on any atom is -0.324 e. The van der Waals surface area contributed by atoms with Crippen LogP contribution in [-0.4, -0.2) is 27.3 Å². The minimum atomic E-state index is -0.651. The lowest BCUT2D eigenvalue weighted by atomic mass is 10.0. The van der Waals surface area contributed by atoms with Gasteiger partial charge in [0.25, 0.3) is 5.91 Å². The van der Waals surface area contributed by atoms with Crippen LogP contribution in [0.3, 0.4) is 0 Å². The molecule has 2 aliphatic heterocycles. The number of thioether (sulfide) groups is 1. The summed E-state index contributed by atoms with van der Waals surface area (Å²) < 4.78 is 0. The van der Waals surface area contributed by atoms with Crippen LogP contribution in [-0.2, 0) is 13.0 Å². The highest BCUT2D eigenvalue weighted by Gasteiger charge is 2.42. The molecule has 0 saturated carbocycles. The minimum absolute atomic E-state index is 0.231. The number of aromatic nitrogens is 2. The van der Waals surface area contributed by atoms with Gasteiger partial charge < -0.3 is 10.6 Å². The molecule has 6 nitrogen and oxygen atoms in total. The van der Waals surface area contributed by atoms with E-state index in [1.807, 2.05) is 19.9 Å². The average molecular weight is 486 g/mol. The molecule has 0 atom stereocenters. The number of carbonyl (C=O) groups is 1. The third-order valence-electron chi connectivity index (χ3n) is 5.58. The van der Waals surface area contributed by atoms with Gasteiger partial charge in [0.1, 0.15) is 5.03 Å². The maximum Gasteiger partial charge on any atom is 0.263 e. The lowest BCUT2D eigenvalue weighted by molar-refractivity contribution is 0.0969. The highest BCUT2D eigenvalue weighted by Crippen LogP contribution is 2.48. The lowest BCUT2D eigenvalue weighted by Crippen LogP contribution is -2.49. The Morgan fingerprint density at radius 2 is 1.94 bits per heavy atom. The number of anilines is 3. The van der Waals surface area contributed by atoms with Gasteiger partial charge in [-0.25, -0.2) is 9.97 Å². The quantitative estimate of drug-likeness (QED) is 0.466. The van der Waals surface area contributed by atoms with E-state index in [2.05, 4.69) is 32.7 Å². The van der Waals surface area contributed by atoms with Gasteiger partial charge in [0.05, 0.1) is 26.2 Å². The first-order valence-electron chi connectivity index (χ1n) is 10.3. The van der Waals surface area contributed by atoms with Gasteiger partial charge in [-0.15, -0.1) is 0 Å². The molecule has 2 N–H and O–H groups in total. The average Bonchev–Trinajstić information content (AvgIpc) is 2.75. The van der Waals surface area contributed by atoms with Crippen molar-refractivity contribution in [2.24, 2.45) is 0 Å². The zero-order chi connectivity index (χ0) is 22.5. The zero-order valence-corrected chi connectivity index (χ0v) is 19.9. The summed E-state index contributed by atoms with van der Waals surface area (Å²) in [4.78, 5) is 23.5. The molecule has 0 saturated heterocycles. The van der Waals surface area contributed by atoms with Crippen molar-refractivity contribution in [3.63, 3.8) is 0 Å². The van der Waals surface area contributed by atoms with Crippen molar-refractivity contribution in [3.05, 3.63) is 69.3 Å². The molecule has 0 unspecified atom stereocenters. The molecule has 5 rings (SSSR count). The Balaban J connectivity index is 1.47. The number of halogens is 2. The summed E-state index contributed by atoms with van der Waals surface area (Å²) in [6, 6.07) is 11.5. The molecule has 0 fully saturated rings. The van der Waals surface area contributed by atoms with Crippen LogP contribution in [0.2, 0.25) is 10.0 Å². The van der Waals surface area contributed by atoms with Crippen molar-refractivity contribution in [1.82, 2.24) is 15.3 Å². The summed E-state index contributed by atoms with van der Waals surface area (Å²) in [5, 5.41) is 8.13. The SMILES string of the molecule is CC1(C)Sc2nc(Nc3ccc4c(c3)CNCC4)ncc2C(=O)N1c1c(Cl)cccc1Cl. The van der Waals surface area contributed by atoms with Crippen LogP contribution in [0.15, 0.2) is 47.6 Å². The van der Waals surface area contributed by atoms with E-state index in [0.717, 1.165) is 25.2 Å². The number of fused-ring (bicyclic) bond motifs is 2. The molecular formula is C23H21Cl2N5OS. The van der Waals surface area contributed by atoms with Crippen LogP contribution in [0.4, 0.5) is 17.3 Å². The molecule has 0 aliphatic carbocycles. The summed E-state index contributed by atoms with van der Waals surface area (Å²) in [7, 11) is 0. The molecule has 164 valence electrons. The van der Waals surface area contributed by atoms with Crippen LogP contribution in [0, 0.1) is 0 Å². The first-order chi connectivity index (χ1) is 15.3. The summed E-state index contributed by atoms with van der Waals surface area (Å²) in [5.41, 5.74) is 4.47. The van der Waals surface area contributed by atoms with Gasteiger partial charge in [0.2, 0.25) is 5.95 Å². The fourth-order valence-electron chi connectivity index (χ4n) is 4.06. The molecule has 32 heavy (non-hydrogen) atoms. The molecule has 2 aliphatic rings. The number of amides is 1. The number of para-hydroxylation sites is 1. The van der Waals surface area contributed by atoms with E-state index >= 15 is 0 Å². The molecule has 9 heteroatoms. The molecule has 0 spiro atoms. The number of rotatable bonds is 3. The summed E-state index contributed by atoms with van der Waals surface area (Å²) in [6.45, 7) is 5.76. The van der Waals surface area contributed by atoms with E-state index in [1.165, 1.54) is 22.9 Å². The predicted octanol–water partition coefficient (Wildman–Crippen LogP) is 5.66. The Morgan fingerprint density at radius 3 is 2.72 bits per heavy atom. The van der Waals surface area contributed by atoms with Crippen molar-refractivity contribution < 1.29 is 4.79 Å². The summed E-state index contributed by atoms with van der Waals surface area (Å²) >= 11 is 14.3. The standard InChI is InChI=1S/C23H21Cl2N5OS/c1-23(2)30(19-17(24)4-3-5-18(19)25)21(31)16-12-27-22(29-20(16)32-23)28-15-7-6-13-8-9-26-11-14(13)10-15/h3-7,10,12,26H,8-9,11H2,1-2H3,(H,27,28,29). The third kappa shape index (κ3) is 3.83. The van der Waals surface area contributed by atoms with E-state index in [9.17, 15) is 4.79 Å². The maximum absolute atomic E-state index is 13.5. The highest BCUT2D eigenvalue weighted by molar-refractivity contribution is 8.00. The van der Waals surface area contributed by atoms with Gasteiger partial charge in [0.15, 0.2) is 0 Å². The number of hydrogen-bond donors (Lipinski definition) is 2. The van der Waals surface area contributed by atoms with Gasteiger partial charge in [-0.2, -0.15) is 0 Å². The topological polar surface area (TPSA) is 70.1 Å². The zero-order valence-electron chi connectivity index (χ0n) is 17.6. The van der Waals surface area contributed by atoms with Gasteiger partial charge in [-0.1, -0.05) is 47.1 Å². The maximum atomic E-state index is 13.5. The Kier molecular flexibility index (Phi) is 5.53. The van der Waals surface area contributed by atoms with E-state index in [0.29, 0.717) is 32.3 Å². The van der Waals surface area contributed by atoms with Gasteiger partial charge in [-0.3, -0.25) is 9.69 Å². The smallest absolute Gasteiger partial charge is 0.263 e. The van der Waals surface area contributed by atoms with Gasteiger partial charge >= 0.3 is 0 Å². The Hall–Kier alpha value is -2.32. The summed E-state index contributed by atoms with van der Waals surface area (Å²) in [6.07, 6.45) is 2.59. The molecule has 0 radical (unpaired) electrons. The van der Waals surface area contributed by atoms with Crippen LogP contribution in [0.5, 0.6) is 0 Å². The van der Waals surface area contributed by atoms with E-state index < -0.39 is 4.87 Å². The molecule has 3 aromatic rings. The van der Waals surface area contributed by atoms with Crippen molar-refractivity contribution in [3.8, 4) is 0 Å². The second-order valence-corrected chi connectivity index (χ2v) is 10.6. The van der Waals surface area contributed by atoms with Gasteiger partial charge in [0, 0.05) is 18.4 Å². The Labute approximate surface area is 200 Å². The Morgan fingerprint density at radius 1 is 1.16 bits per heavy atom. The normalized spacial score (nSPS) is 17.0. The van der Waals surface area contributed by atoms with Crippen LogP contribution in [0.1, 0.15) is 35.3 Å². The molecule has 1 amide bonds. The predicted molar refractivity (Wildman–Crippen MR) is 130 cm³/mol. The van der Waals surface area contributed by atoms with Crippen molar-refractivity contribution >= 4 is 58.2 Å². The monoisotopic (exact) mass is 485 g/mol. The molecule has 1 aromatic heterocycles. The van der Waals surface area contributed by atoms with Gasteiger partial charge in [-0.05, 0) is 62.2 Å². The third-order valence-corrected chi connectivity index (χ3v) is 7.38. The fourth-order valence-corrected chi connectivity index (χ4v) is 5.75. The molecular weight excluding hydrogens is 465 g/mol. The number of nitrogens with zero attached hydrogens (tertiary/aromatic N) is 3. The number of benzene rings is 2. The second kappa shape index (κ2) is 8.23. The lowest BCUT2D eigenvalue weighted by Gasteiger charge is -2.42. The highest BCUT2D eigenvalue weighted by atomic mass is 35.5. The van der Waals surface area contributed by atoms with E-state index in [-0.39, 0.29) is 5.91 Å².